The largest absolute Gasteiger partial charge is 0.497 e. The van der Waals surface area contributed by atoms with E-state index >= 15 is 0 Å². The molecule has 1 aromatic carbocycles. The van der Waals surface area contributed by atoms with Crippen LogP contribution in [0.25, 0.3) is 0 Å². The first-order valence-electron chi connectivity index (χ1n) is 9.19. The van der Waals surface area contributed by atoms with Crippen molar-refractivity contribution in [3.05, 3.63) is 48.0 Å². The van der Waals surface area contributed by atoms with Crippen molar-refractivity contribution in [2.75, 3.05) is 7.11 Å². The predicted octanol–water partition coefficient (Wildman–Crippen LogP) is 3.06. The molecule has 3 rings (SSSR count). The number of amides is 1. The number of rotatable bonds is 7. The summed E-state index contributed by atoms with van der Waals surface area (Å²) in [5.74, 6) is 0.397. The lowest BCUT2D eigenvalue weighted by molar-refractivity contribution is -0.122. The molecular formula is C20H24FN3O3. The monoisotopic (exact) mass is 373 g/mol. The number of methoxy groups -OCH3 is 1. The van der Waals surface area contributed by atoms with Crippen molar-refractivity contribution in [1.82, 2.24) is 15.3 Å². The van der Waals surface area contributed by atoms with E-state index < -0.39 is 5.82 Å². The molecular weight excluding hydrogens is 349 g/mol. The minimum Gasteiger partial charge on any atom is -0.497 e. The van der Waals surface area contributed by atoms with E-state index in [0.29, 0.717) is 12.8 Å². The number of ether oxygens (including phenoxy) is 2. The third kappa shape index (κ3) is 5.91. The zero-order valence-electron chi connectivity index (χ0n) is 15.4. The molecule has 1 fully saturated rings. The standard InChI is InChI=1S/C20H24FN3O3/c1-26-17-7-2-14(3-8-17)4-11-19(25)24-16-5-9-18(10-6-16)27-20-22-12-15(21)13-23-20/h2-3,7-8,12-13,16,18H,4-6,9-11H2,1H3,(H,24,25). The molecule has 27 heavy (non-hydrogen) atoms. The molecule has 2 aromatic rings. The maximum absolute atomic E-state index is 12.8. The SMILES string of the molecule is COc1ccc(CCC(=O)NC2CCC(Oc3ncc(F)cn3)CC2)cc1. The van der Waals surface area contributed by atoms with Crippen LogP contribution in [0.1, 0.15) is 37.7 Å². The number of nitrogens with one attached hydrogen (secondary N) is 1. The minimum atomic E-state index is -0.483. The highest BCUT2D eigenvalue weighted by atomic mass is 19.1. The molecule has 1 amide bonds. The Morgan fingerprint density at radius 1 is 1.15 bits per heavy atom. The van der Waals surface area contributed by atoms with Gasteiger partial charge >= 0.3 is 6.01 Å². The van der Waals surface area contributed by atoms with Gasteiger partial charge in [0.15, 0.2) is 5.82 Å². The number of aryl methyl sites for hydroxylation is 1. The van der Waals surface area contributed by atoms with Gasteiger partial charge in [-0.3, -0.25) is 4.79 Å². The van der Waals surface area contributed by atoms with Gasteiger partial charge in [-0.05, 0) is 49.8 Å². The molecule has 1 saturated carbocycles. The number of nitrogens with zero attached hydrogens (tertiary/aromatic N) is 2. The Labute approximate surface area is 158 Å². The zero-order valence-corrected chi connectivity index (χ0v) is 15.4. The normalized spacial score (nSPS) is 19.3. The van der Waals surface area contributed by atoms with Crippen LogP contribution < -0.4 is 14.8 Å². The smallest absolute Gasteiger partial charge is 0.316 e. The van der Waals surface area contributed by atoms with Crippen LogP contribution in [0.5, 0.6) is 11.8 Å². The first-order valence-corrected chi connectivity index (χ1v) is 9.19. The average molecular weight is 373 g/mol. The third-order valence-electron chi connectivity index (χ3n) is 4.71. The lowest BCUT2D eigenvalue weighted by atomic mass is 9.93. The van der Waals surface area contributed by atoms with Crippen LogP contribution in [-0.2, 0) is 11.2 Å². The second-order valence-corrected chi connectivity index (χ2v) is 6.69. The van der Waals surface area contributed by atoms with E-state index in [1.54, 1.807) is 7.11 Å². The number of halogens is 1. The summed E-state index contributed by atoms with van der Waals surface area (Å²) in [6.07, 6.45) is 6.67. The number of carbonyl (C=O) groups is 1. The van der Waals surface area contributed by atoms with Crippen LogP contribution in [-0.4, -0.2) is 35.1 Å². The van der Waals surface area contributed by atoms with Gasteiger partial charge in [0.1, 0.15) is 11.9 Å². The molecule has 7 heteroatoms. The van der Waals surface area contributed by atoms with E-state index in [1.165, 1.54) is 0 Å². The Morgan fingerprint density at radius 2 is 1.81 bits per heavy atom. The Bertz CT molecular complexity index is 729. The lowest BCUT2D eigenvalue weighted by Crippen LogP contribution is -2.39. The molecule has 0 aliphatic heterocycles. The highest BCUT2D eigenvalue weighted by molar-refractivity contribution is 5.76. The number of hydrogen-bond donors (Lipinski definition) is 1. The number of carbonyl (C=O) groups excluding carboxylic acids is 1. The second-order valence-electron chi connectivity index (χ2n) is 6.69. The highest BCUT2D eigenvalue weighted by Gasteiger charge is 2.24. The minimum absolute atomic E-state index is 0.00270. The molecule has 0 bridgehead atoms. The molecule has 1 aromatic heterocycles. The van der Waals surface area contributed by atoms with Gasteiger partial charge in [-0.25, -0.2) is 14.4 Å². The van der Waals surface area contributed by atoms with Crippen LogP contribution in [0.3, 0.4) is 0 Å². The molecule has 0 spiro atoms. The molecule has 0 saturated heterocycles. The van der Waals surface area contributed by atoms with Crippen LogP contribution in [0.2, 0.25) is 0 Å². The van der Waals surface area contributed by atoms with E-state index in [0.717, 1.165) is 49.4 Å². The quantitative estimate of drug-likeness (QED) is 0.807. The van der Waals surface area contributed by atoms with Gasteiger partial charge in [0.2, 0.25) is 5.91 Å². The van der Waals surface area contributed by atoms with Crippen molar-refractivity contribution >= 4 is 5.91 Å². The van der Waals surface area contributed by atoms with Crippen LogP contribution >= 0.6 is 0 Å². The first kappa shape index (κ1) is 19.1. The maximum Gasteiger partial charge on any atom is 0.316 e. The number of benzene rings is 1. The summed E-state index contributed by atoms with van der Waals surface area (Å²) in [4.78, 5) is 19.8. The van der Waals surface area contributed by atoms with E-state index in [4.69, 9.17) is 9.47 Å². The number of aromatic nitrogens is 2. The van der Waals surface area contributed by atoms with Crippen molar-refractivity contribution in [3.63, 3.8) is 0 Å². The summed E-state index contributed by atoms with van der Waals surface area (Å²) in [6, 6.07) is 8.13. The predicted molar refractivity (Wildman–Crippen MR) is 98.1 cm³/mol. The summed E-state index contributed by atoms with van der Waals surface area (Å²) in [5.41, 5.74) is 1.11. The summed E-state index contributed by atoms with van der Waals surface area (Å²) in [6.45, 7) is 0. The second kappa shape index (κ2) is 9.30. The van der Waals surface area contributed by atoms with Crippen LogP contribution in [0.4, 0.5) is 4.39 Å². The summed E-state index contributed by atoms with van der Waals surface area (Å²) in [7, 11) is 1.63. The van der Waals surface area contributed by atoms with Crippen molar-refractivity contribution < 1.29 is 18.7 Å². The molecule has 1 heterocycles. The maximum atomic E-state index is 12.8. The average Bonchev–Trinajstić information content (AvgIpc) is 2.70. The Hall–Kier alpha value is -2.70. The van der Waals surface area contributed by atoms with Gasteiger partial charge in [-0.15, -0.1) is 0 Å². The lowest BCUT2D eigenvalue weighted by Gasteiger charge is -2.28. The van der Waals surface area contributed by atoms with E-state index in [2.05, 4.69) is 15.3 Å². The van der Waals surface area contributed by atoms with Gasteiger partial charge in [0, 0.05) is 12.5 Å². The van der Waals surface area contributed by atoms with Crippen molar-refractivity contribution in [1.29, 1.82) is 0 Å². The molecule has 6 nitrogen and oxygen atoms in total. The van der Waals surface area contributed by atoms with Gasteiger partial charge in [0.05, 0.1) is 19.5 Å². The van der Waals surface area contributed by atoms with Gasteiger partial charge < -0.3 is 14.8 Å². The van der Waals surface area contributed by atoms with Crippen molar-refractivity contribution in [2.45, 2.75) is 50.7 Å². The highest BCUT2D eigenvalue weighted by Crippen LogP contribution is 2.22. The van der Waals surface area contributed by atoms with Crippen molar-refractivity contribution in [2.24, 2.45) is 0 Å². The Balaban J connectivity index is 1.36. The molecule has 1 aliphatic rings. The Morgan fingerprint density at radius 3 is 2.44 bits per heavy atom. The van der Waals surface area contributed by atoms with Crippen molar-refractivity contribution in [3.8, 4) is 11.8 Å². The molecule has 1 N–H and O–H groups in total. The van der Waals surface area contributed by atoms with Gasteiger partial charge in [0.25, 0.3) is 0 Å². The fourth-order valence-corrected chi connectivity index (χ4v) is 3.19. The third-order valence-corrected chi connectivity index (χ3v) is 4.71. The summed E-state index contributed by atoms with van der Waals surface area (Å²) >= 11 is 0. The topological polar surface area (TPSA) is 73.3 Å². The molecule has 0 radical (unpaired) electrons. The molecule has 144 valence electrons. The van der Waals surface area contributed by atoms with Crippen LogP contribution in [0, 0.1) is 5.82 Å². The molecule has 0 unspecified atom stereocenters. The van der Waals surface area contributed by atoms with E-state index in [9.17, 15) is 9.18 Å². The van der Waals surface area contributed by atoms with Gasteiger partial charge in [-0.2, -0.15) is 0 Å². The number of hydrogen-bond acceptors (Lipinski definition) is 5. The van der Waals surface area contributed by atoms with Gasteiger partial charge in [-0.1, -0.05) is 12.1 Å². The Kier molecular flexibility index (Phi) is 6.57. The molecule has 1 aliphatic carbocycles. The summed E-state index contributed by atoms with van der Waals surface area (Å²) < 4.78 is 23.6. The van der Waals surface area contributed by atoms with Crippen LogP contribution in [0.15, 0.2) is 36.7 Å². The fourth-order valence-electron chi connectivity index (χ4n) is 3.19. The summed E-state index contributed by atoms with van der Waals surface area (Å²) in [5, 5.41) is 3.10. The first-order chi connectivity index (χ1) is 13.1. The van der Waals surface area contributed by atoms with E-state index in [1.807, 2.05) is 24.3 Å². The zero-order chi connectivity index (χ0) is 19.1. The van der Waals surface area contributed by atoms with E-state index in [-0.39, 0.29) is 24.1 Å². The fraction of sp³-hybridized carbons (Fsp3) is 0.450. The molecule has 0 atom stereocenters.